The molecule has 0 aliphatic carbocycles. The first-order valence-electron chi connectivity index (χ1n) is 15.2. The van der Waals surface area contributed by atoms with Crippen LogP contribution in [-0.4, -0.2) is 28.2 Å². The van der Waals surface area contributed by atoms with Crippen LogP contribution in [0.3, 0.4) is 0 Å². The number of rotatable bonds is 8. The number of nitrogens with zero attached hydrogens (tertiary/aromatic N) is 4. The van der Waals surface area contributed by atoms with Gasteiger partial charge in [0.1, 0.15) is 5.84 Å². The summed E-state index contributed by atoms with van der Waals surface area (Å²) in [6.07, 6.45) is 9.12. The number of allylic oxidation sites excluding steroid dienone is 3. The Balaban J connectivity index is 1.40. The molecule has 232 valence electrons. The number of halogens is 3. The van der Waals surface area contributed by atoms with Gasteiger partial charge in [0.25, 0.3) is 5.91 Å². The number of anilines is 1. The van der Waals surface area contributed by atoms with E-state index in [9.17, 15) is 18.0 Å². The molecule has 3 heterocycles. The Morgan fingerprint density at radius 2 is 1.91 bits per heavy atom. The zero-order valence-electron chi connectivity index (χ0n) is 25.7. The Labute approximate surface area is 261 Å². The molecule has 3 aromatic rings. The summed E-state index contributed by atoms with van der Waals surface area (Å²) in [6, 6.07) is 12.6. The van der Waals surface area contributed by atoms with Crippen LogP contribution < -0.4 is 5.32 Å². The molecule has 45 heavy (non-hydrogen) atoms. The van der Waals surface area contributed by atoms with Gasteiger partial charge in [0.2, 0.25) is 0 Å². The van der Waals surface area contributed by atoms with Crippen molar-refractivity contribution in [3.05, 3.63) is 113 Å². The predicted octanol–water partition coefficient (Wildman–Crippen LogP) is 9.24. The number of benzene rings is 2. The van der Waals surface area contributed by atoms with E-state index in [4.69, 9.17) is 9.98 Å². The van der Waals surface area contributed by atoms with Crippen LogP contribution in [0.4, 0.5) is 24.5 Å². The number of hydrogen-bond donors (Lipinski definition) is 1. The number of nitrogens with one attached hydrogen (secondary N) is 1. The minimum absolute atomic E-state index is 0.0936. The highest BCUT2D eigenvalue weighted by molar-refractivity contribution is 6.14. The minimum atomic E-state index is -4.55. The fourth-order valence-electron chi connectivity index (χ4n) is 5.23. The van der Waals surface area contributed by atoms with Crippen LogP contribution in [0.25, 0.3) is 0 Å². The van der Waals surface area contributed by atoms with Crippen LogP contribution in [0.2, 0.25) is 0 Å². The number of aromatic nitrogens is 1. The van der Waals surface area contributed by atoms with E-state index in [1.54, 1.807) is 36.7 Å². The van der Waals surface area contributed by atoms with E-state index in [0.29, 0.717) is 36.3 Å². The van der Waals surface area contributed by atoms with Crippen LogP contribution in [-0.2, 0) is 12.6 Å². The molecule has 1 unspecified atom stereocenters. The monoisotopic (exact) mass is 611 g/mol. The van der Waals surface area contributed by atoms with Gasteiger partial charge in [-0.05, 0) is 112 Å². The number of alkyl halides is 3. The lowest BCUT2D eigenvalue weighted by Crippen LogP contribution is -2.14. The van der Waals surface area contributed by atoms with E-state index >= 15 is 0 Å². The Bertz CT molecular complexity index is 1720. The van der Waals surface area contributed by atoms with E-state index in [0.717, 1.165) is 59.5 Å². The normalized spacial score (nSPS) is 17.8. The Hall–Kier alpha value is -4.66. The number of amides is 1. The zero-order chi connectivity index (χ0) is 32.0. The molecule has 6 nitrogen and oxygen atoms in total. The molecule has 0 radical (unpaired) electrons. The summed E-state index contributed by atoms with van der Waals surface area (Å²) in [4.78, 5) is 31.6. The van der Waals surface area contributed by atoms with Gasteiger partial charge in [-0.2, -0.15) is 13.2 Å². The van der Waals surface area contributed by atoms with Gasteiger partial charge in [0.15, 0.2) is 0 Å². The SMILES string of the molecule is CCC1C=CC(c2cccnc2)=NC(=Nc2cc(C(=O)Nc3cc(CCC4=CN=C(C)CC4)cc(C(F)(F)F)c3)ccc2C)C1. The Morgan fingerprint density at radius 1 is 1.07 bits per heavy atom. The molecule has 0 saturated heterocycles. The molecule has 2 aliphatic rings. The van der Waals surface area contributed by atoms with Crippen molar-refractivity contribution in [2.45, 2.75) is 65.5 Å². The second-order valence-corrected chi connectivity index (χ2v) is 11.5. The molecule has 0 fully saturated rings. The molecule has 0 bridgehead atoms. The highest BCUT2D eigenvalue weighted by Crippen LogP contribution is 2.33. The van der Waals surface area contributed by atoms with Gasteiger partial charge in [-0.3, -0.25) is 14.8 Å². The summed E-state index contributed by atoms with van der Waals surface area (Å²) in [5.41, 5.74) is 5.29. The molecule has 0 saturated carbocycles. The highest BCUT2D eigenvalue weighted by Gasteiger charge is 2.31. The third-order valence-electron chi connectivity index (χ3n) is 8.01. The topological polar surface area (TPSA) is 79.1 Å². The first kappa shape index (κ1) is 31.8. The lowest BCUT2D eigenvalue weighted by molar-refractivity contribution is -0.137. The van der Waals surface area contributed by atoms with Crippen molar-refractivity contribution < 1.29 is 18.0 Å². The largest absolute Gasteiger partial charge is 0.416 e. The van der Waals surface area contributed by atoms with Crippen LogP contribution in [0, 0.1) is 12.8 Å². The number of aryl methyl sites for hydroxylation is 2. The molecule has 1 aromatic heterocycles. The molecule has 9 heteroatoms. The average Bonchev–Trinajstić information content (AvgIpc) is 3.24. The van der Waals surface area contributed by atoms with E-state index in [-0.39, 0.29) is 17.2 Å². The second kappa shape index (κ2) is 14.0. The quantitative estimate of drug-likeness (QED) is 0.276. The van der Waals surface area contributed by atoms with Crippen LogP contribution >= 0.6 is 0 Å². The van der Waals surface area contributed by atoms with Crippen LogP contribution in [0.1, 0.15) is 78.6 Å². The van der Waals surface area contributed by atoms with Crippen molar-refractivity contribution in [2.75, 3.05) is 5.32 Å². The maximum atomic E-state index is 13.8. The van der Waals surface area contributed by atoms with Gasteiger partial charge in [-0.25, -0.2) is 9.98 Å². The first-order valence-corrected chi connectivity index (χ1v) is 15.2. The molecule has 5 rings (SSSR count). The summed E-state index contributed by atoms with van der Waals surface area (Å²) in [5, 5.41) is 2.69. The summed E-state index contributed by atoms with van der Waals surface area (Å²) in [7, 11) is 0. The van der Waals surface area contributed by atoms with Crippen molar-refractivity contribution in [1.29, 1.82) is 0 Å². The maximum absolute atomic E-state index is 13.8. The molecule has 0 spiro atoms. The fourth-order valence-corrected chi connectivity index (χ4v) is 5.23. The van der Waals surface area contributed by atoms with Gasteiger partial charge in [-0.1, -0.05) is 24.6 Å². The lowest BCUT2D eigenvalue weighted by atomic mass is 9.97. The summed E-state index contributed by atoms with van der Waals surface area (Å²) in [6.45, 7) is 5.97. The number of amidine groups is 1. The summed E-state index contributed by atoms with van der Waals surface area (Å²) < 4.78 is 41.4. The van der Waals surface area contributed by atoms with Crippen molar-refractivity contribution in [3.8, 4) is 0 Å². The number of pyridine rings is 1. The third-order valence-corrected chi connectivity index (χ3v) is 8.01. The maximum Gasteiger partial charge on any atom is 0.416 e. The molecular formula is C36H36F3N5O. The van der Waals surface area contributed by atoms with E-state index in [1.807, 2.05) is 38.3 Å². The number of aliphatic imine (C=N–C) groups is 3. The van der Waals surface area contributed by atoms with Crippen molar-refractivity contribution >= 4 is 34.5 Å². The number of hydrogen-bond acceptors (Lipinski definition) is 4. The Morgan fingerprint density at radius 3 is 2.62 bits per heavy atom. The van der Waals surface area contributed by atoms with Crippen molar-refractivity contribution in [3.63, 3.8) is 0 Å². The molecule has 2 aromatic carbocycles. The van der Waals surface area contributed by atoms with Crippen LogP contribution in [0.5, 0.6) is 0 Å². The first-order chi connectivity index (χ1) is 21.6. The zero-order valence-corrected chi connectivity index (χ0v) is 25.7. The third kappa shape index (κ3) is 8.50. The van der Waals surface area contributed by atoms with Gasteiger partial charge < -0.3 is 5.32 Å². The number of carbonyl (C=O) groups excluding carboxylic acids is 1. The minimum Gasteiger partial charge on any atom is -0.322 e. The molecule has 1 amide bonds. The number of carbonyl (C=O) groups is 1. The fraction of sp³-hybridized carbons (Fsp3) is 0.306. The van der Waals surface area contributed by atoms with Crippen molar-refractivity contribution in [2.24, 2.45) is 20.9 Å². The predicted molar refractivity (Wildman–Crippen MR) is 175 cm³/mol. The van der Waals surface area contributed by atoms with Gasteiger partial charge >= 0.3 is 6.18 Å². The van der Waals surface area contributed by atoms with E-state index in [1.165, 1.54) is 0 Å². The average molecular weight is 612 g/mol. The second-order valence-electron chi connectivity index (χ2n) is 11.5. The highest BCUT2D eigenvalue weighted by atomic mass is 19.4. The molecule has 1 atom stereocenters. The van der Waals surface area contributed by atoms with E-state index < -0.39 is 17.6 Å². The lowest BCUT2D eigenvalue weighted by Gasteiger charge is -2.15. The van der Waals surface area contributed by atoms with Gasteiger partial charge in [-0.15, -0.1) is 0 Å². The summed E-state index contributed by atoms with van der Waals surface area (Å²) >= 11 is 0. The molecule has 2 aliphatic heterocycles. The van der Waals surface area contributed by atoms with E-state index in [2.05, 4.69) is 28.3 Å². The smallest absolute Gasteiger partial charge is 0.322 e. The van der Waals surface area contributed by atoms with Crippen LogP contribution in [0.15, 0.2) is 99.8 Å². The van der Waals surface area contributed by atoms with Gasteiger partial charge in [0.05, 0.1) is 17.0 Å². The van der Waals surface area contributed by atoms with Gasteiger partial charge in [0, 0.05) is 47.5 Å². The standard InChI is InChI=1S/C36H36F3N5O/c1-4-25-12-14-32(29-6-5-15-40-22-29)43-34(18-25)44-33-19-28(13-7-23(33)2)35(45)42-31-17-27(16-30(20-31)36(37,38)39)11-10-26-9-8-24(3)41-21-26/h5-7,12-17,19-22,25H,4,8-11,18H2,1-3H3,(H,42,45). The molecule has 1 N–H and O–H groups in total. The molecular weight excluding hydrogens is 575 g/mol. The Kier molecular flexibility index (Phi) is 9.86. The summed E-state index contributed by atoms with van der Waals surface area (Å²) in [5.74, 6) is 0.354. The van der Waals surface area contributed by atoms with Crippen molar-refractivity contribution in [1.82, 2.24) is 4.98 Å².